The highest BCUT2D eigenvalue weighted by Crippen LogP contribution is 2.34. The monoisotopic (exact) mass is 289 g/mol. The highest BCUT2D eigenvalue weighted by Gasteiger charge is 2.29. The molecule has 2 rings (SSSR count). The number of hydrogen-bond acceptors (Lipinski definition) is 2. The third-order valence-electron chi connectivity index (χ3n) is 4.71. The maximum atomic E-state index is 6.50. The molecule has 2 heteroatoms. The summed E-state index contributed by atoms with van der Waals surface area (Å²) in [5.41, 5.74) is 8.87. The van der Waals surface area contributed by atoms with Crippen molar-refractivity contribution in [3.05, 3.63) is 35.4 Å². The normalized spacial score (nSPS) is 29.1. The summed E-state index contributed by atoms with van der Waals surface area (Å²) >= 11 is 0. The molecule has 118 valence electrons. The fraction of sp³-hybridized carbons (Fsp3) is 0.684. The first kappa shape index (κ1) is 16.5. The van der Waals surface area contributed by atoms with Crippen molar-refractivity contribution < 1.29 is 4.74 Å². The molecule has 0 aromatic heterocycles. The van der Waals surface area contributed by atoms with E-state index in [1.54, 1.807) is 0 Å². The van der Waals surface area contributed by atoms with E-state index in [9.17, 15) is 0 Å². The Morgan fingerprint density at radius 2 is 1.86 bits per heavy atom. The van der Waals surface area contributed by atoms with Crippen LogP contribution >= 0.6 is 0 Å². The van der Waals surface area contributed by atoms with Gasteiger partial charge in [0.1, 0.15) is 0 Å². The lowest BCUT2D eigenvalue weighted by molar-refractivity contribution is -0.0611. The molecule has 0 bridgehead atoms. The molecule has 2 N–H and O–H groups in total. The predicted octanol–water partition coefficient (Wildman–Crippen LogP) is 4.61. The summed E-state index contributed by atoms with van der Waals surface area (Å²) in [5.74, 6) is 1.52. The zero-order valence-electron chi connectivity index (χ0n) is 14.0. The van der Waals surface area contributed by atoms with Crippen LogP contribution in [0.1, 0.15) is 63.7 Å². The minimum Gasteiger partial charge on any atom is -0.369 e. The Morgan fingerprint density at radius 1 is 1.19 bits per heavy atom. The van der Waals surface area contributed by atoms with Crippen LogP contribution in [0.25, 0.3) is 0 Å². The number of nitrogens with two attached hydrogens (primary N) is 1. The van der Waals surface area contributed by atoms with Crippen molar-refractivity contribution in [2.24, 2.45) is 17.6 Å². The molecular weight excluding hydrogens is 258 g/mol. The van der Waals surface area contributed by atoms with Crippen LogP contribution in [0.5, 0.6) is 0 Å². The molecule has 0 radical (unpaired) electrons. The average Bonchev–Trinajstić information content (AvgIpc) is 2.43. The Hall–Kier alpha value is -0.860. The number of ether oxygens (including phenoxy) is 1. The highest BCUT2D eigenvalue weighted by atomic mass is 16.5. The van der Waals surface area contributed by atoms with Crippen molar-refractivity contribution in [2.45, 2.75) is 71.6 Å². The summed E-state index contributed by atoms with van der Waals surface area (Å²) in [5, 5.41) is 0. The van der Waals surface area contributed by atoms with Crippen LogP contribution in [0.15, 0.2) is 24.3 Å². The summed E-state index contributed by atoms with van der Waals surface area (Å²) in [6, 6.07) is 8.68. The fourth-order valence-electron chi connectivity index (χ4n) is 3.68. The van der Waals surface area contributed by atoms with E-state index in [-0.39, 0.29) is 12.1 Å². The molecule has 4 unspecified atom stereocenters. The smallest absolute Gasteiger partial charge is 0.0979 e. The Kier molecular flexibility index (Phi) is 5.83. The van der Waals surface area contributed by atoms with Gasteiger partial charge in [-0.15, -0.1) is 0 Å². The molecule has 1 aromatic rings. The van der Waals surface area contributed by atoms with Crippen molar-refractivity contribution in [1.82, 2.24) is 0 Å². The van der Waals surface area contributed by atoms with Crippen LogP contribution in [0.4, 0.5) is 0 Å². The Balaban J connectivity index is 2.13. The van der Waals surface area contributed by atoms with Crippen molar-refractivity contribution in [1.29, 1.82) is 0 Å². The zero-order chi connectivity index (χ0) is 15.4. The minimum atomic E-state index is 0.0254. The lowest BCUT2D eigenvalue weighted by Crippen LogP contribution is -2.35. The van der Waals surface area contributed by atoms with Crippen LogP contribution in [0, 0.1) is 18.8 Å². The number of hydrogen-bond donors (Lipinski definition) is 1. The third-order valence-corrected chi connectivity index (χ3v) is 4.71. The van der Waals surface area contributed by atoms with Gasteiger partial charge < -0.3 is 10.5 Å². The third kappa shape index (κ3) is 4.55. The SMILES string of the molecule is CCC(N)C(OC1CC(C)CC(C)C1)c1cccc(C)c1. The van der Waals surface area contributed by atoms with E-state index in [2.05, 4.69) is 52.0 Å². The lowest BCUT2D eigenvalue weighted by Gasteiger charge is -2.35. The van der Waals surface area contributed by atoms with Crippen LogP contribution in [-0.4, -0.2) is 12.1 Å². The van der Waals surface area contributed by atoms with E-state index < -0.39 is 0 Å². The maximum Gasteiger partial charge on any atom is 0.0979 e. The number of rotatable bonds is 5. The van der Waals surface area contributed by atoms with Crippen LogP contribution in [-0.2, 0) is 4.74 Å². The van der Waals surface area contributed by atoms with Gasteiger partial charge >= 0.3 is 0 Å². The Bertz CT molecular complexity index is 435. The molecule has 1 saturated carbocycles. The standard InChI is InChI=1S/C19H31NO/c1-5-18(20)19(16-8-6-7-13(2)10-16)21-17-11-14(3)9-15(4)12-17/h6-8,10,14-15,17-19H,5,9,11-12,20H2,1-4H3. The van der Waals surface area contributed by atoms with E-state index in [1.807, 2.05) is 0 Å². The Morgan fingerprint density at radius 3 is 2.43 bits per heavy atom. The van der Waals surface area contributed by atoms with Gasteiger partial charge in [-0.25, -0.2) is 0 Å². The topological polar surface area (TPSA) is 35.2 Å². The lowest BCUT2D eigenvalue weighted by atomic mass is 9.81. The predicted molar refractivity (Wildman–Crippen MR) is 89.2 cm³/mol. The summed E-state index contributed by atoms with van der Waals surface area (Å²) < 4.78 is 6.50. The van der Waals surface area contributed by atoms with Gasteiger partial charge in [-0.05, 0) is 50.0 Å². The van der Waals surface area contributed by atoms with Gasteiger partial charge in [-0.1, -0.05) is 50.6 Å². The zero-order valence-corrected chi connectivity index (χ0v) is 14.0. The Labute approximate surface area is 130 Å². The minimum absolute atomic E-state index is 0.0254. The van der Waals surface area contributed by atoms with Crippen molar-refractivity contribution in [3.63, 3.8) is 0 Å². The van der Waals surface area contributed by atoms with E-state index in [0.29, 0.717) is 6.10 Å². The van der Waals surface area contributed by atoms with E-state index >= 15 is 0 Å². The molecule has 1 fully saturated rings. The summed E-state index contributed by atoms with van der Waals surface area (Å²) in [6.45, 7) is 8.95. The van der Waals surface area contributed by atoms with Crippen LogP contribution < -0.4 is 5.73 Å². The van der Waals surface area contributed by atoms with E-state index in [1.165, 1.54) is 30.4 Å². The molecule has 0 saturated heterocycles. The van der Waals surface area contributed by atoms with Crippen molar-refractivity contribution in [2.75, 3.05) is 0 Å². The second-order valence-corrected chi connectivity index (χ2v) is 7.08. The second kappa shape index (κ2) is 7.42. The molecule has 4 atom stereocenters. The van der Waals surface area contributed by atoms with Crippen LogP contribution in [0.3, 0.4) is 0 Å². The molecule has 21 heavy (non-hydrogen) atoms. The summed E-state index contributed by atoms with van der Waals surface area (Å²) in [7, 11) is 0. The molecular formula is C19H31NO. The summed E-state index contributed by atoms with van der Waals surface area (Å²) in [4.78, 5) is 0. The molecule has 0 heterocycles. The largest absolute Gasteiger partial charge is 0.369 e. The average molecular weight is 289 g/mol. The quantitative estimate of drug-likeness (QED) is 0.858. The van der Waals surface area contributed by atoms with E-state index in [0.717, 1.165) is 18.3 Å². The molecule has 0 aliphatic heterocycles. The molecule has 1 aliphatic rings. The van der Waals surface area contributed by atoms with Gasteiger partial charge in [0, 0.05) is 6.04 Å². The fourth-order valence-corrected chi connectivity index (χ4v) is 3.68. The summed E-state index contributed by atoms with van der Waals surface area (Å²) in [6.07, 6.45) is 4.99. The van der Waals surface area contributed by atoms with Gasteiger partial charge in [0.05, 0.1) is 12.2 Å². The van der Waals surface area contributed by atoms with Gasteiger partial charge in [0.2, 0.25) is 0 Å². The van der Waals surface area contributed by atoms with Crippen molar-refractivity contribution in [3.8, 4) is 0 Å². The van der Waals surface area contributed by atoms with Gasteiger partial charge in [0.25, 0.3) is 0 Å². The van der Waals surface area contributed by atoms with Crippen molar-refractivity contribution >= 4 is 0 Å². The molecule has 1 aliphatic carbocycles. The first-order chi connectivity index (χ1) is 9.99. The molecule has 0 amide bonds. The van der Waals surface area contributed by atoms with Gasteiger partial charge in [0.15, 0.2) is 0 Å². The molecule has 2 nitrogen and oxygen atoms in total. The maximum absolute atomic E-state index is 6.50. The number of aryl methyl sites for hydroxylation is 1. The van der Waals surface area contributed by atoms with Crippen LogP contribution in [0.2, 0.25) is 0 Å². The molecule has 1 aromatic carbocycles. The van der Waals surface area contributed by atoms with E-state index in [4.69, 9.17) is 10.5 Å². The second-order valence-electron chi connectivity index (χ2n) is 7.08. The van der Waals surface area contributed by atoms with Gasteiger partial charge in [-0.2, -0.15) is 0 Å². The highest BCUT2D eigenvalue weighted by molar-refractivity contribution is 5.25. The first-order valence-corrected chi connectivity index (χ1v) is 8.47. The van der Waals surface area contributed by atoms with Gasteiger partial charge in [-0.3, -0.25) is 0 Å². The first-order valence-electron chi connectivity index (χ1n) is 8.47. The number of benzene rings is 1. The molecule has 0 spiro atoms.